The Hall–Kier alpha value is -2.14. The Morgan fingerprint density at radius 3 is 2.74 bits per heavy atom. The first kappa shape index (κ1) is 15.7. The highest BCUT2D eigenvalue weighted by molar-refractivity contribution is 6.12. The number of hydrogen-bond donors (Lipinski definition) is 0. The fraction of sp³-hybridized carbons (Fsp3) is 0.444. The number of aldehydes is 1. The Bertz CT molecular complexity index is 714. The number of piperidine rings is 1. The van der Waals surface area contributed by atoms with E-state index < -0.39 is 0 Å². The summed E-state index contributed by atoms with van der Waals surface area (Å²) in [5, 5.41) is 0.758. The maximum absolute atomic E-state index is 12.9. The van der Waals surface area contributed by atoms with Crippen LogP contribution in [0, 0.1) is 0 Å². The first-order valence-corrected chi connectivity index (χ1v) is 8.11. The molecule has 1 aliphatic heterocycles. The van der Waals surface area contributed by atoms with Crippen LogP contribution in [0.5, 0.6) is 0 Å². The van der Waals surface area contributed by atoms with Crippen molar-refractivity contribution in [3.63, 3.8) is 0 Å². The zero-order chi connectivity index (χ0) is 16.2. The van der Waals surface area contributed by atoms with Crippen molar-refractivity contribution in [1.29, 1.82) is 0 Å². The molecule has 0 spiro atoms. The Morgan fingerprint density at radius 1 is 1.26 bits per heavy atom. The second kappa shape index (κ2) is 6.96. The van der Waals surface area contributed by atoms with Gasteiger partial charge in [0, 0.05) is 55.0 Å². The number of likely N-dealkylation sites (tertiary alicyclic amines) is 1. The maximum Gasteiger partial charge on any atom is 0.254 e. The van der Waals surface area contributed by atoms with Crippen LogP contribution in [0.1, 0.15) is 40.0 Å². The summed E-state index contributed by atoms with van der Waals surface area (Å²) in [5.41, 5.74) is 2.10. The molecular weight excluding hydrogens is 292 g/mol. The first-order chi connectivity index (χ1) is 11.3. The highest BCUT2D eigenvalue weighted by atomic mass is 16.5. The van der Waals surface area contributed by atoms with E-state index in [1.54, 1.807) is 7.11 Å². The molecule has 0 saturated carbocycles. The van der Waals surface area contributed by atoms with Crippen molar-refractivity contribution in [2.24, 2.45) is 0 Å². The third kappa shape index (κ3) is 3.01. The van der Waals surface area contributed by atoms with Crippen LogP contribution in [0.2, 0.25) is 0 Å². The van der Waals surface area contributed by atoms with Crippen LogP contribution < -0.4 is 0 Å². The number of nitrogens with zero attached hydrogens (tertiary/aromatic N) is 2. The molecule has 23 heavy (non-hydrogen) atoms. The molecule has 1 aromatic heterocycles. The molecule has 0 N–H and O–H groups in total. The van der Waals surface area contributed by atoms with Crippen LogP contribution in [0.25, 0.3) is 10.9 Å². The van der Waals surface area contributed by atoms with E-state index >= 15 is 0 Å². The van der Waals surface area contributed by atoms with Crippen LogP contribution in [0.4, 0.5) is 0 Å². The van der Waals surface area contributed by atoms with Gasteiger partial charge in [-0.25, -0.2) is 0 Å². The third-order valence-electron chi connectivity index (χ3n) is 4.47. The van der Waals surface area contributed by atoms with Gasteiger partial charge in [0.25, 0.3) is 5.91 Å². The summed E-state index contributed by atoms with van der Waals surface area (Å²) in [6.45, 7) is 2.82. The zero-order valence-corrected chi connectivity index (χ0v) is 13.5. The number of aromatic nitrogens is 1. The highest BCUT2D eigenvalue weighted by Crippen LogP contribution is 2.26. The van der Waals surface area contributed by atoms with Crippen LogP contribution >= 0.6 is 0 Å². The van der Waals surface area contributed by atoms with Crippen molar-refractivity contribution in [3.8, 4) is 0 Å². The van der Waals surface area contributed by atoms with Gasteiger partial charge in [-0.3, -0.25) is 9.59 Å². The van der Waals surface area contributed by atoms with Gasteiger partial charge in [0.15, 0.2) is 6.29 Å². The van der Waals surface area contributed by atoms with Gasteiger partial charge < -0.3 is 14.2 Å². The van der Waals surface area contributed by atoms with E-state index in [2.05, 4.69) is 0 Å². The zero-order valence-electron chi connectivity index (χ0n) is 13.5. The molecule has 1 amide bonds. The third-order valence-corrected chi connectivity index (χ3v) is 4.47. The minimum absolute atomic E-state index is 0.0305. The van der Waals surface area contributed by atoms with Crippen molar-refractivity contribution < 1.29 is 14.3 Å². The van der Waals surface area contributed by atoms with Crippen LogP contribution in [0.15, 0.2) is 24.4 Å². The number of carbonyl (C=O) groups is 2. The topological polar surface area (TPSA) is 51.5 Å². The Balaban J connectivity index is 2.04. The predicted molar refractivity (Wildman–Crippen MR) is 89.0 cm³/mol. The number of benzene rings is 1. The number of rotatable bonds is 5. The predicted octanol–water partition coefficient (Wildman–Crippen LogP) is 2.73. The van der Waals surface area contributed by atoms with Gasteiger partial charge in [-0.15, -0.1) is 0 Å². The normalized spacial score (nSPS) is 15.1. The van der Waals surface area contributed by atoms with E-state index in [0.717, 1.165) is 43.1 Å². The van der Waals surface area contributed by atoms with Gasteiger partial charge in [0.2, 0.25) is 0 Å². The molecule has 1 saturated heterocycles. The van der Waals surface area contributed by atoms with Gasteiger partial charge >= 0.3 is 0 Å². The van der Waals surface area contributed by atoms with Crippen LogP contribution in [-0.4, -0.2) is 48.5 Å². The van der Waals surface area contributed by atoms with E-state index in [0.29, 0.717) is 24.3 Å². The van der Waals surface area contributed by atoms with E-state index in [-0.39, 0.29) is 5.91 Å². The fourth-order valence-electron chi connectivity index (χ4n) is 3.29. The van der Waals surface area contributed by atoms with Crippen molar-refractivity contribution in [2.45, 2.75) is 25.8 Å². The van der Waals surface area contributed by atoms with E-state index in [1.807, 2.05) is 33.9 Å². The summed E-state index contributed by atoms with van der Waals surface area (Å²) in [4.78, 5) is 26.3. The summed E-state index contributed by atoms with van der Waals surface area (Å²) < 4.78 is 7.11. The van der Waals surface area contributed by atoms with Gasteiger partial charge in [-0.1, -0.05) is 6.07 Å². The summed E-state index contributed by atoms with van der Waals surface area (Å²) in [6.07, 6.45) is 5.93. The molecule has 2 heterocycles. The molecule has 1 fully saturated rings. The second-order valence-electron chi connectivity index (χ2n) is 5.94. The molecule has 0 unspecified atom stereocenters. The second-order valence-corrected chi connectivity index (χ2v) is 5.94. The molecule has 0 atom stereocenters. The SMILES string of the molecule is COCCn1cc(C=O)c2c(C(=O)N3CCCCC3)cccc21. The van der Waals surface area contributed by atoms with Gasteiger partial charge in [0.1, 0.15) is 0 Å². The maximum atomic E-state index is 12.9. The lowest BCUT2D eigenvalue weighted by atomic mass is 10.0. The minimum atomic E-state index is 0.0305. The molecule has 1 aliphatic rings. The lowest BCUT2D eigenvalue weighted by Crippen LogP contribution is -2.35. The molecule has 122 valence electrons. The quantitative estimate of drug-likeness (QED) is 0.797. The summed E-state index contributed by atoms with van der Waals surface area (Å²) in [7, 11) is 1.65. The van der Waals surface area contributed by atoms with E-state index in [4.69, 9.17) is 4.74 Å². The smallest absolute Gasteiger partial charge is 0.254 e. The van der Waals surface area contributed by atoms with Crippen molar-refractivity contribution in [3.05, 3.63) is 35.5 Å². The average Bonchev–Trinajstić information content (AvgIpc) is 2.98. The minimum Gasteiger partial charge on any atom is -0.383 e. The average molecular weight is 314 g/mol. The molecule has 1 aromatic carbocycles. The summed E-state index contributed by atoms with van der Waals surface area (Å²) in [5.74, 6) is 0.0305. The van der Waals surface area contributed by atoms with Gasteiger partial charge in [0.05, 0.1) is 6.61 Å². The van der Waals surface area contributed by atoms with Gasteiger partial charge in [-0.05, 0) is 31.4 Å². The standard InChI is InChI=1S/C18H22N2O3/c1-23-11-10-20-12-14(13-21)17-15(6-5-7-16(17)20)18(22)19-8-3-2-4-9-19/h5-7,12-13H,2-4,8-11H2,1H3. The van der Waals surface area contributed by atoms with E-state index in [1.165, 1.54) is 6.42 Å². The van der Waals surface area contributed by atoms with Crippen LogP contribution in [-0.2, 0) is 11.3 Å². The lowest BCUT2D eigenvalue weighted by Gasteiger charge is -2.27. The fourth-order valence-corrected chi connectivity index (χ4v) is 3.29. The largest absolute Gasteiger partial charge is 0.383 e. The van der Waals surface area contributed by atoms with Crippen LogP contribution in [0.3, 0.4) is 0 Å². The first-order valence-electron chi connectivity index (χ1n) is 8.11. The Kier molecular flexibility index (Phi) is 4.76. The number of methoxy groups -OCH3 is 1. The molecule has 2 aromatic rings. The van der Waals surface area contributed by atoms with Crippen molar-refractivity contribution in [2.75, 3.05) is 26.8 Å². The number of carbonyl (C=O) groups excluding carboxylic acids is 2. The molecule has 5 heteroatoms. The lowest BCUT2D eigenvalue weighted by molar-refractivity contribution is 0.0726. The number of hydrogen-bond acceptors (Lipinski definition) is 3. The molecular formula is C18H22N2O3. The molecule has 0 bridgehead atoms. The summed E-state index contributed by atoms with van der Waals surface area (Å²) in [6, 6.07) is 5.66. The Labute approximate surface area is 135 Å². The number of amides is 1. The Morgan fingerprint density at radius 2 is 2.04 bits per heavy atom. The molecule has 0 aliphatic carbocycles. The van der Waals surface area contributed by atoms with Crippen molar-refractivity contribution in [1.82, 2.24) is 9.47 Å². The van der Waals surface area contributed by atoms with Gasteiger partial charge in [-0.2, -0.15) is 0 Å². The highest BCUT2D eigenvalue weighted by Gasteiger charge is 2.22. The summed E-state index contributed by atoms with van der Waals surface area (Å²) >= 11 is 0. The number of fused-ring (bicyclic) bond motifs is 1. The molecule has 3 rings (SSSR count). The van der Waals surface area contributed by atoms with E-state index in [9.17, 15) is 9.59 Å². The van der Waals surface area contributed by atoms with Crippen molar-refractivity contribution >= 4 is 23.1 Å². The molecule has 5 nitrogen and oxygen atoms in total. The number of ether oxygens (including phenoxy) is 1. The molecule has 0 radical (unpaired) electrons. The monoisotopic (exact) mass is 314 g/mol.